The van der Waals surface area contributed by atoms with Crippen molar-refractivity contribution in [1.29, 1.82) is 5.26 Å². The van der Waals surface area contributed by atoms with E-state index in [0.717, 1.165) is 0 Å². The SMILES string of the molecule is COC(=O)c1ccc(Cl)cc1Nc1ccc(C#N)cc1N. The standard InChI is InChI=1S/C15H12ClN3O2/c1-21-15(20)11-4-3-10(16)7-14(11)19-13-5-2-9(8-17)6-12(13)18/h2-7,19H,18H2,1H3. The maximum atomic E-state index is 11.7. The topological polar surface area (TPSA) is 88.1 Å². The first-order chi connectivity index (χ1) is 10.0. The van der Waals surface area contributed by atoms with Crippen molar-refractivity contribution in [1.82, 2.24) is 0 Å². The van der Waals surface area contributed by atoms with E-state index in [9.17, 15) is 4.79 Å². The van der Waals surface area contributed by atoms with Crippen LogP contribution in [0.3, 0.4) is 0 Å². The summed E-state index contributed by atoms with van der Waals surface area (Å²) in [5.41, 5.74) is 8.11. The molecule has 0 aliphatic carbocycles. The summed E-state index contributed by atoms with van der Waals surface area (Å²) >= 11 is 5.95. The Balaban J connectivity index is 2.42. The lowest BCUT2D eigenvalue weighted by atomic mass is 10.1. The number of nitrogens with two attached hydrogens (primary N) is 1. The number of benzene rings is 2. The fourth-order valence-electron chi connectivity index (χ4n) is 1.80. The summed E-state index contributed by atoms with van der Waals surface area (Å²) in [6.45, 7) is 0. The van der Waals surface area contributed by atoms with Gasteiger partial charge in [0.05, 0.1) is 41.4 Å². The molecule has 0 heterocycles. The molecule has 0 saturated carbocycles. The number of carbonyl (C=O) groups excluding carboxylic acids is 1. The second-order valence-corrected chi connectivity index (χ2v) is 4.66. The lowest BCUT2D eigenvalue weighted by Crippen LogP contribution is -2.06. The highest BCUT2D eigenvalue weighted by Crippen LogP contribution is 2.28. The number of ether oxygens (including phenoxy) is 1. The van der Waals surface area contributed by atoms with Crippen molar-refractivity contribution in [2.45, 2.75) is 0 Å². The maximum Gasteiger partial charge on any atom is 0.339 e. The second-order valence-electron chi connectivity index (χ2n) is 4.22. The van der Waals surface area contributed by atoms with E-state index in [0.29, 0.717) is 33.2 Å². The number of anilines is 3. The molecule has 2 rings (SSSR count). The van der Waals surface area contributed by atoms with Gasteiger partial charge in [0.1, 0.15) is 0 Å². The van der Waals surface area contributed by atoms with Crippen molar-refractivity contribution < 1.29 is 9.53 Å². The van der Waals surface area contributed by atoms with Gasteiger partial charge in [0.2, 0.25) is 0 Å². The quantitative estimate of drug-likeness (QED) is 0.670. The summed E-state index contributed by atoms with van der Waals surface area (Å²) in [6.07, 6.45) is 0. The molecule has 0 atom stereocenters. The average Bonchev–Trinajstić information content (AvgIpc) is 2.48. The first-order valence-electron chi connectivity index (χ1n) is 5.99. The molecule has 0 bridgehead atoms. The van der Waals surface area contributed by atoms with Crippen molar-refractivity contribution >= 4 is 34.6 Å². The summed E-state index contributed by atoms with van der Waals surface area (Å²) < 4.78 is 4.72. The number of hydrogen-bond acceptors (Lipinski definition) is 5. The monoisotopic (exact) mass is 301 g/mol. The van der Waals surface area contributed by atoms with E-state index in [4.69, 9.17) is 27.3 Å². The van der Waals surface area contributed by atoms with Gasteiger partial charge in [-0.1, -0.05) is 11.6 Å². The largest absolute Gasteiger partial charge is 0.465 e. The molecule has 0 aliphatic heterocycles. The van der Waals surface area contributed by atoms with Crippen LogP contribution in [0.1, 0.15) is 15.9 Å². The van der Waals surface area contributed by atoms with Crippen molar-refractivity contribution in [3.63, 3.8) is 0 Å². The predicted molar refractivity (Wildman–Crippen MR) is 81.6 cm³/mol. The van der Waals surface area contributed by atoms with Crippen LogP contribution in [0.2, 0.25) is 5.02 Å². The number of nitrogens with zero attached hydrogens (tertiary/aromatic N) is 1. The third-order valence-electron chi connectivity index (χ3n) is 2.84. The number of esters is 1. The molecule has 106 valence electrons. The summed E-state index contributed by atoms with van der Waals surface area (Å²) in [4.78, 5) is 11.7. The zero-order valence-electron chi connectivity index (χ0n) is 11.2. The van der Waals surface area contributed by atoms with Crippen LogP contribution in [0.4, 0.5) is 17.1 Å². The van der Waals surface area contributed by atoms with Crippen LogP contribution in [0.15, 0.2) is 36.4 Å². The molecule has 3 N–H and O–H groups in total. The average molecular weight is 302 g/mol. The first-order valence-corrected chi connectivity index (χ1v) is 6.37. The summed E-state index contributed by atoms with van der Waals surface area (Å²) in [6, 6.07) is 11.6. The van der Waals surface area contributed by atoms with Gasteiger partial charge >= 0.3 is 5.97 Å². The summed E-state index contributed by atoms with van der Waals surface area (Å²) in [5.74, 6) is -0.485. The van der Waals surface area contributed by atoms with E-state index in [2.05, 4.69) is 5.32 Å². The Kier molecular flexibility index (Phi) is 4.31. The Labute approximate surface area is 126 Å². The van der Waals surface area contributed by atoms with Crippen LogP contribution < -0.4 is 11.1 Å². The Hall–Kier alpha value is -2.71. The van der Waals surface area contributed by atoms with Gasteiger partial charge in [-0.15, -0.1) is 0 Å². The van der Waals surface area contributed by atoms with E-state index in [-0.39, 0.29) is 0 Å². The molecule has 6 heteroatoms. The number of nitrogens with one attached hydrogen (secondary N) is 1. The minimum absolute atomic E-state index is 0.339. The molecule has 0 fully saturated rings. The molecule has 5 nitrogen and oxygen atoms in total. The fourth-order valence-corrected chi connectivity index (χ4v) is 1.97. The summed E-state index contributed by atoms with van der Waals surface area (Å²) in [5, 5.41) is 12.3. The highest BCUT2D eigenvalue weighted by molar-refractivity contribution is 6.31. The number of halogens is 1. The van der Waals surface area contributed by atoms with Gasteiger partial charge in [-0.25, -0.2) is 4.79 Å². The molecule has 0 saturated heterocycles. The molecule has 21 heavy (non-hydrogen) atoms. The number of rotatable bonds is 3. The van der Waals surface area contributed by atoms with E-state index >= 15 is 0 Å². The smallest absolute Gasteiger partial charge is 0.339 e. The number of nitriles is 1. The van der Waals surface area contributed by atoms with Crippen LogP contribution in [-0.2, 0) is 4.74 Å². The zero-order valence-corrected chi connectivity index (χ0v) is 11.9. The lowest BCUT2D eigenvalue weighted by molar-refractivity contribution is 0.0602. The molecule has 0 unspecified atom stereocenters. The van der Waals surface area contributed by atoms with Gasteiger partial charge in [0, 0.05) is 5.02 Å². The van der Waals surface area contributed by atoms with Crippen LogP contribution in [0.5, 0.6) is 0 Å². The third-order valence-corrected chi connectivity index (χ3v) is 3.07. The predicted octanol–water partition coefficient (Wildman–Crippen LogP) is 3.32. The van der Waals surface area contributed by atoms with Gasteiger partial charge in [-0.2, -0.15) is 5.26 Å². The molecule has 0 aromatic heterocycles. The zero-order chi connectivity index (χ0) is 15.4. The van der Waals surface area contributed by atoms with E-state index in [1.165, 1.54) is 7.11 Å². The minimum atomic E-state index is -0.485. The van der Waals surface area contributed by atoms with Crippen LogP contribution in [0.25, 0.3) is 0 Å². The van der Waals surface area contributed by atoms with Crippen molar-refractivity contribution in [3.8, 4) is 6.07 Å². The Morgan fingerprint density at radius 1 is 1.29 bits per heavy atom. The minimum Gasteiger partial charge on any atom is -0.465 e. The van der Waals surface area contributed by atoms with Crippen molar-refractivity contribution in [2.24, 2.45) is 0 Å². The first kappa shape index (κ1) is 14.7. The molecular formula is C15H12ClN3O2. The highest BCUT2D eigenvalue weighted by atomic mass is 35.5. The number of methoxy groups -OCH3 is 1. The highest BCUT2D eigenvalue weighted by Gasteiger charge is 2.13. The molecule has 2 aromatic carbocycles. The molecule has 0 radical (unpaired) electrons. The molecule has 0 spiro atoms. The number of nitrogen functional groups attached to an aromatic ring is 1. The fraction of sp³-hybridized carbons (Fsp3) is 0.0667. The van der Waals surface area contributed by atoms with Gasteiger partial charge in [-0.3, -0.25) is 0 Å². The normalized spacial score (nSPS) is 9.76. The Morgan fingerprint density at radius 2 is 2.05 bits per heavy atom. The van der Waals surface area contributed by atoms with E-state index in [1.807, 2.05) is 6.07 Å². The van der Waals surface area contributed by atoms with E-state index in [1.54, 1.807) is 36.4 Å². The molecule has 0 amide bonds. The van der Waals surface area contributed by atoms with Gasteiger partial charge in [0.25, 0.3) is 0 Å². The maximum absolute atomic E-state index is 11.7. The van der Waals surface area contributed by atoms with Crippen LogP contribution in [-0.4, -0.2) is 13.1 Å². The second kappa shape index (κ2) is 6.16. The molecule has 0 aliphatic rings. The van der Waals surface area contributed by atoms with Gasteiger partial charge < -0.3 is 15.8 Å². The van der Waals surface area contributed by atoms with E-state index < -0.39 is 5.97 Å². The Morgan fingerprint density at radius 3 is 2.67 bits per heavy atom. The summed E-state index contributed by atoms with van der Waals surface area (Å²) in [7, 11) is 1.30. The molecule has 2 aromatic rings. The van der Waals surface area contributed by atoms with Gasteiger partial charge in [-0.05, 0) is 36.4 Å². The van der Waals surface area contributed by atoms with Gasteiger partial charge in [0.15, 0.2) is 0 Å². The number of hydrogen-bond donors (Lipinski definition) is 2. The molecular weight excluding hydrogens is 290 g/mol. The third kappa shape index (κ3) is 3.25. The lowest BCUT2D eigenvalue weighted by Gasteiger charge is -2.13. The van der Waals surface area contributed by atoms with Crippen molar-refractivity contribution in [3.05, 3.63) is 52.5 Å². The Bertz CT molecular complexity index is 738. The van der Waals surface area contributed by atoms with Crippen LogP contribution in [0, 0.1) is 11.3 Å². The van der Waals surface area contributed by atoms with Crippen molar-refractivity contribution in [2.75, 3.05) is 18.2 Å². The van der Waals surface area contributed by atoms with Crippen LogP contribution >= 0.6 is 11.6 Å². The number of carbonyl (C=O) groups is 1.